The van der Waals surface area contributed by atoms with E-state index >= 15 is 0 Å². The fraction of sp³-hybridized carbons (Fsp3) is 0.231. The zero-order valence-corrected chi connectivity index (χ0v) is 16.6. The van der Waals surface area contributed by atoms with Crippen molar-refractivity contribution >= 4 is 5.57 Å². The molecule has 2 N–H and O–H groups in total. The summed E-state index contributed by atoms with van der Waals surface area (Å²) in [5.41, 5.74) is 4.73. The summed E-state index contributed by atoms with van der Waals surface area (Å²) < 4.78 is 0. The molecule has 0 fully saturated rings. The van der Waals surface area contributed by atoms with Crippen molar-refractivity contribution in [2.24, 2.45) is 0 Å². The lowest BCUT2D eigenvalue weighted by Crippen LogP contribution is -2.26. The maximum Gasteiger partial charge on any atom is 0.115 e. The highest BCUT2D eigenvalue weighted by Crippen LogP contribution is 2.41. The Balaban J connectivity index is 1.94. The molecule has 0 saturated carbocycles. The predicted molar refractivity (Wildman–Crippen MR) is 117 cm³/mol. The molecule has 3 rings (SSSR count). The molecule has 3 aromatic carbocycles. The normalized spacial score (nSPS) is 12.1. The highest BCUT2D eigenvalue weighted by atomic mass is 16.3. The van der Waals surface area contributed by atoms with Crippen LogP contribution in [0, 0.1) is 0 Å². The van der Waals surface area contributed by atoms with Gasteiger partial charge in [0.15, 0.2) is 0 Å². The average Bonchev–Trinajstić information content (AvgIpc) is 2.73. The molecule has 0 spiro atoms. The van der Waals surface area contributed by atoms with Gasteiger partial charge in [0.1, 0.15) is 11.5 Å². The molecule has 0 radical (unpaired) electrons. The summed E-state index contributed by atoms with van der Waals surface area (Å²) >= 11 is 0. The van der Waals surface area contributed by atoms with Crippen LogP contribution < -0.4 is 0 Å². The maximum absolute atomic E-state index is 9.73. The van der Waals surface area contributed by atoms with Crippen molar-refractivity contribution in [3.63, 3.8) is 0 Å². The molecule has 0 bridgehead atoms. The Bertz CT molecular complexity index is 861. The zero-order chi connectivity index (χ0) is 20.0. The van der Waals surface area contributed by atoms with Gasteiger partial charge in [-0.15, -0.1) is 0 Å². The Kier molecular flexibility index (Phi) is 6.20. The van der Waals surface area contributed by atoms with Gasteiger partial charge in [-0.3, -0.25) is 0 Å². The second-order valence-corrected chi connectivity index (χ2v) is 7.32. The number of phenolic OH excluding ortho intramolecular Hbond substituents is 2. The van der Waals surface area contributed by atoms with Crippen LogP contribution in [0.3, 0.4) is 0 Å². The monoisotopic (exact) mass is 372 g/mol. The molecule has 0 aliphatic rings. The Morgan fingerprint density at radius 2 is 1.29 bits per heavy atom. The van der Waals surface area contributed by atoms with E-state index in [1.807, 2.05) is 30.3 Å². The van der Waals surface area contributed by atoms with Gasteiger partial charge in [-0.1, -0.05) is 67.6 Å². The van der Waals surface area contributed by atoms with E-state index in [0.717, 1.165) is 19.3 Å². The highest BCUT2D eigenvalue weighted by Gasteiger charge is 2.31. The zero-order valence-electron chi connectivity index (χ0n) is 16.6. The first kappa shape index (κ1) is 19.8. The molecule has 0 aromatic heterocycles. The van der Waals surface area contributed by atoms with Crippen LogP contribution in [0.25, 0.3) is 5.57 Å². The van der Waals surface area contributed by atoms with Gasteiger partial charge >= 0.3 is 0 Å². The summed E-state index contributed by atoms with van der Waals surface area (Å²) in [6.07, 6.45) is 5.13. The Morgan fingerprint density at radius 1 is 0.786 bits per heavy atom. The summed E-state index contributed by atoms with van der Waals surface area (Å²) in [6, 6.07) is 25.5. The van der Waals surface area contributed by atoms with Crippen LogP contribution in [-0.4, -0.2) is 10.2 Å². The predicted octanol–water partition coefficient (Wildman–Crippen LogP) is 6.68. The van der Waals surface area contributed by atoms with Gasteiger partial charge in [-0.2, -0.15) is 0 Å². The Morgan fingerprint density at radius 3 is 1.75 bits per heavy atom. The standard InChI is InChI=1S/C26H28O2/c1-3-26(22-11-15-24(27)16-12-22,23-13-17-25(28)18-14-23)19-7-8-20(2)21-9-5-4-6-10-21/h4-6,8-18,27-28H,3,7,19H2,1-2H3. The number of allylic oxidation sites excluding steroid dienone is 2. The molecule has 0 amide bonds. The summed E-state index contributed by atoms with van der Waals surface area (Å²) in [5.74, 6) is 0.554. The van der Waals surface area contributed by atoms with Gasteiger partial charge in [0, 0.05) is 5.41 Å². The summed E-state index contributed by atoms with van der Waals surface area (Å²) in [5, 5.41) is 19.5. The molecule has 28 heavy (non-hydrogen) atoms. The molecule has 0 aliphatic heterocycles. The van der Waals surface area contributed by atoms with E-state index in [1.54, 1.807) is 24.3 Å². The molecule has 0 heterocycles. The van der Waals surface area contributed by atoms with Gasteiger partial charge in [-0.05, 0) is 72.7 Å². The maximum atomic E-state index is 9.73. The van der Waals surface area contributed by atoms with Gasteiger partial charge < -0.3 is 10.2 Å². The van der Waals surface area contributed by atoms with Crippen LogP contribution in [0.2, 0.25) is 0 Å². The largest absolute Gasteiger partial charge is 0.508 e. The van der Waals surface area contributed by atoms with E-state index in [2.05, 4.69) is 44.2 Å². The third kappa shape index (κ3) is 4.28. The molecule has 0 atom stereocenters. The molecule has 0 unspecified atom stereocenters. The van der Waals surface area contributed by atoms with Crippen LogP contribution in [0.4, 0.5) is 0 Å². The van der Waals surface area contributed by atoms with Crippen LogP contribution in [0.5, 0.6) is 11.5 Å². The number of hydrogen-bond donors (Lipinski definition) is 2. The van der Waals surface area contributed by atoms with Crippen molar-refractivity contribution in [2.45, 2.75) is 38.5 Å². The van der Waals surface area contributed by atoms with Crippen LogP contribution >= 0.6 is 0 Å². The molecule has 3 aromatic rings. The van der Waals surface area contributed by atoms with Crippen molar-refractivity contribution in [1.29, 1.82) is 0 Å². The summed E-state index contributed by atoms with van der Waals surface area (Å²) in [7, 11) is 0. The Labute approximate surface area is 167 Å². The molecule has 2 heteroatoms. The molecular weight excluding hydrogens is 344 g/mol. The van der Waals surface area contributed by atoms with E-state index in [-0.39, 0.29) is 16.9 Å². The van der Waals surface area contributed by atoms with Crippen molar-refractivity contribution in [1.82, 2.24) is 0 Å². The second-order valence-electron chi connectivity index (χ2n) is 7.32. The van der Waals surface area contributed by atoms with Crippen molar-refractivity contribution in [2.75, 3.05) is 0 Å². The second kappa shape index (κ2) is 8.79. The minimum atomic E-state index is -0.172. The quantitative estimate of drug-likeness (QED) is 0.486. The fourth-order valence-electron chi connectivity index (χ4n) is 3.96. The van der Waals surface area contributed by atoms with Gasteiger partial charge in [0.05, 0.1) is 0 Å². The number of aromatic hydroxyl groups is 2. The van der Waals surface area contributed by atoms with Crippen LogP contribution in [-0.2, 0) is 5.41 Å². The minimum Gasteiger partial charge on any atom is -0.508 e. The number of benzene rings is 3. The minimum absolute atomic E-state index is 0.172. The fourth-order valence-corrected chi connectivity index (χ4v) is 3.96. The van der Waals surface area contributed by atoms with Crippen molar-refractivity contribution < 1.29 is 10.2 Å². The number of rotatable bonds is 7. The van der Waals surface area contributed by atoms with E-state index in [9.17, 15) is 10.2 Å². The van der Waals surface area contributed by atoms with Gasteiger partial charge in [0.25, 0.3) is 0 Å². The molecular formula is C26H28O2. The van der Waals surface area contributed by atoms with Gasteiger partial charge in [0.2, 0.25) is 0 Å². The van der Waals surface area contributed by atoms with E-state index in [1.165, 1.54) is 22.3 Å². The molecule has 2 nitrogen and oxygen atoms in total. The van der Waals surface area contributed by atoms with Crippen LogP contribution in [0.15, 0.2) is 84.9 Å². The van der Waals surface area contributed by atoms with E-state index < -0.39 is 0 Å². The first-order chi connectivity index (χ1) is 13.5. The van der Waals surface area contributed by atoms with Crippen molar-refractivity contribution in [3.8, 4) is 11.5 Å². The first-order valence-electron chi connectivity index (χ1n) is 9.86. The van der Waals surface area contributed by atoms with E-state index in [4.69, 9.17) is 0 Å². The highest BCUT2D eigenvalue weighted by molar-refractivity contribution is 5.63. The first-order valence-corrected chi connectivity index (χ1v) is 9.86. The summed E-state index contributed by atoms with van der Waals surface area (Å²) in [6.45, 7) is 4.36. The molecule has 144 valence electrons. The Hall–Kier alpha value is -3.00. The number of hydrogen-bond acceptors (Lipinski definition) is 2. The average molecular weight is 373 g/mol. The van der Waals surface area contributed by atoms with Gasteiger partial charge in [-0.25, -0.2) is 0 Å². The third-order valence-corrected chi connectivity index (χ3v) is 5.69. The molecule has 0 aliphatic carbocycles. The lowest BCUT2D eigenvalue weighted by molar-refractivity contribution is 0.451. The smallest absolute Gasteiger partial charge is 0.115 e. The lowest BCUT2D eigenvalue weighted by Gasteiger charge is -2.34. The lowest BCUT2D eigenvalue weighted by atomic mass is 9.69. The van der Waals surface area contributed by atoms with E-state index in [0.29, 0.717) is 0 Å². The summed E-state index contributed by atoms with van der Waals surface area (Å²) in [4.78, 5) is 0. The topological polar surface area (TPSA) is 40.5 Å². The number of phenols is 2. The molecule has 0 saturated heterocycles. The van der Waals surface area contributed by atoms with Crippen LogP contribution in [0.1, 0.15) is 49.8 Å². The van der Waals surface area contributed by atoms with Crippen molar-refractivity contribution in [3.05, 3.63) is 102 Å². The third-order valence-electron chi connectivity index (χ3n) is 5.69. The SMILES string of the molecule is CCC(CCC=C(C)c1ccccc1)(c1ccc(O)cc1)c1ccc(O)cc1.